The lowest BCUT2D eigenvalue weighted by Gasteiger charge is -2.42. The van der Waals surface area contributed by atoms with Crippen LogP contribution in [0.5, 0.6) is 11.5 Å². The first-order valence-corrected chi connectivity index (χ1v) is 14.3. The number of fused-ring (bicyclic) bond motifs is 5. The molecule has 4 nitrogen and oxygen atoms in total. The summed E-state index contributed by atoms with van der Waals surface area (Å²) in [4.78, 5) is 7.01. The van der Waals surface area contributed by atoms with Gasteiger partial charge in [0.1, 0.15) is 17.3 Å². The van der Waals surface area contributed by atoms with Crippen molar-refractivity contribution < 1.29 is 4.74 Å². The van der Waals surface area contributed by atoms with Crippen LogP contribution in [0.15, 0.2) is 140 Å². The second-order valence-electron chi connectivity index (χ2n) is 11.3. The van der Waals surface area contributed by atoms with E-state index in [-0.39, 0.29) is 5.41 Å². The summed E-state index contributed by atoms with van der Waals surface area (Å²) in [5.41, 5.74) is 8.15. The Hall–Kier alpha value is -5.35. The molecule has 4 heteroatoms. The molecule has 0 spiro atoms. The highest BCUT2D eigenvalue weighted by molar-refractivity contribution is 6.09. The minimum absolute atomic E-state index is 0.0979. The van der Waals surface area contributed by atoms with E-state index in [1.807, 2.05) is 30.5 Å². The van der Waals surface area contributed by atoms with Gasteiger partial charge in [-0.25, -0.2) is 4.98 Å². The molecule has 8 rings (SSSR count). The lowest BCUT2D eigenvalue weighted by Crippen LogP contribution is -2.30. The lowest BCUT2D eigenvalue weighted by atomic mass is 9.73. The van der Waals surface area contributed by atoms with Crippen molar-refractivity contribution in [2.45, 2.75) is 19.3 Å². The minimum Gasteiger partial charge on any atom is -0.457 e. The van der Waals surface area contributed by atoms with Gasteiger partial charge < -0.3 is 9.64 Å². The number of ether oxygens (including phenoxy) is 1. The summed E-state index contributed by atoms with van der Waals surface area (Å²) in [6, 6.07) is 46.6. The highest BCUT2D eigenvalue weighted by atomic mass is 16.5. The maximum atomic E-state index is 6.56. The molecule has 0 saturated heterocycles. The van der Waals surface area contributed by atoms with Gasteiger partial charge in [-0.1, -0.05) is 80.6 Å². The second-order valence-corrected chi connectivity index (χ2v) is 11.3. The summed E-state index contributed by atoms with van der Waals surface area (Å²) in [5.74, 6) is 2.44. The van der Waals surface area contributed by atoms with Crippen molar-refractivity contribution in [1.82, 2.24) is 9.55 Å². The molecule has 1 aliphatic heterocycles. The molecule has 0 amide bonds. The fourth-order valence-electron chi connectivity index (χ4n) is 6.52. The Bertz CT molecular complexity index is 2060. The summed E-state index contributed by atoms with van der Waals surface area (Å²) in [6.07, 6.45) is 1.83. The smallest absolute Gasteiger partial charge is 0.137 e. The van der Waals surface area contributed by atoms with E-state index in [0.29, 0.717) is 0 Å². The molecule has 0 atom stereocenters. The van der Waals surface area contributed by atoms with Crippen LogP contribution in [0.4, 0.5) is 17.1 Å². The third kappa shape index (κ3) is 3.72. The van der Waals surface area contributed by atoms with E-state index in [9.17, 15) is 0 Å². The molecule has 0 saturated carbocycles. The van der Waals surface area contributed by atoms with E-state index in [2.05, 4.69) is 137 Å². The van der Waals surface area contributed by atoms with Crippen molar-refractivity contribution in [2.75, 3.05) is 4.90 Å². The summed E-state index contributed by atoms with van der Waals surface area (Å²) >= 11 is 0. The molecule has 0 fully saturated rings. The van der Waals surface area contributed by atoms with Crippen LogP contribution in [-0.2, 0) is 5.41 Å². The zero-order chi connectivity index (χ0) is 28.3. The number of nitrogens with zero attached hydrogens (tertiary/aromatic N) is 3. The van der Waals surface area contributed by atoms with E-state index in [0.717, 1.165) is 34.0 Å². The largest absolute Gasteiger partial charge is 0.457 e. The minimum atomic E-state index is -0.0979. The van der Waals surface area contributed by atoms with Crippen LogP contribution in [0, 0.1) is 0 Å². The van der Waals surface area contributed by atoms with E-state index in [1.54, 1.807) is 0 Å². The fourth-order valence-corrected chi connectivity index (χ4v) is 6.52. The molecule has 0 radical (unpaired) electrons. The lowest BCUT2D eigenvalue weighted by molar-refractivity contribution is 0.483. The number of hydrogen-bond acceptors (Lipinski definition) is 3. The van der Waals surface area contributed by atoms with E-state index >= 15 is 0 Å². The first-order chi connectivity index (χ1) is 20.6. The van der Waals surface area contributed by atoms with Crippen LogP contribution in [0.3, 0.4) is 0 Å². The van der Waals surface area contributed by atoms with Gasteiger partial charge in [0.2, 0.25) is 0 Å². The Kier molecular flexibility index (Phi) is 5.44. The number of benzene rings is 5. The topological polar surface area (TPSA) is 30.3 Å². The maximum absolute atomic E-state index is 6.56. The average Bonchev–Trinajstić information content (AvgIpc) is 3.35. The van der Waals surface area contributed by atoms with Gasteiger partial charge in [0, 0.05) is 40.2 Å². The van der Waals surface area contributed by atoms with E-state index in [1.165, 1.54) is 33.3 Å². The summed E-state index contributed by atoms with van der Waals surface area (Å²) in [7, 11) is 0. The molecule has 202 valence electrons. The molecule has 42 heavy (non-hydrogen) atoms. The van der Waals surface area contributed by atoms with Crippen molar-refractivity contribution >= 4 is 38.9 Å². The van der Waals surface area contributed by atoms with Gasteiger partial charge in [-0.05, 0) is 65.7 Å². The average molecular weight is 544 g/mol. The number of para-hydroxylation sites is 3. The Morgan fingerprint density at radius 3 is 2.00 bits per heavy atom. The van der Waals surface area contributed by atoms with Gasteiger partial charge in [-0.15, -0.1) is 0 Å². The molecule has 0 N–H and O–H groups in total. The standard InChI is InChI=1S/C38H29N3O/c1-38(2)31-15-4-7-18-34(31)40(35-19-8-5-16-32(35)38)26-12-11-13-27(24-26)42-28-21-22-30-29-14-3-6-17-33(29)41(36(30)25-28)37-20-9-10-23-39-37/h3-25H,1-2H3. The fraction of sp³-hybridized carbons (Fsp3) is 0.0789. The molecule has 0 aliphatic carbocycles. The third-order valence-electron chi connectivity index (χ3n) is 8.47. The van der Waals surface area contributed by atoms with Crippen molar-refractivity contribution in [2.24, 2.45) is 0 Å². The van der Waals surface area contributed by atoms with E-state index in [4.69, 9.17) is 4.74 Å². The highest BCUT2D eigenvalue weighted by Crippen LogP contribution is 2.52. The summed E-state index contributed by atoms with van der Waals surface area (Å²) in [6.45, 7) is 4.61. The SMILES string of the molecule is CC1(C)c2ccccc2N(c2cccc(Oc3ccc4c5ccccc5n(-c5ccccn5)c4c3)c2)c2ccccc21. The molecule has 7 aromatic rings. The molecule has 3 heterocycles. The first kappa shape index (κ1) is 24.4. The molecular formula is C38H29N3O. The van der Waals surface area contributed by atoms with Crippen LogP contribution in [-0.4, -0.2) is 9.55 Å². The zero-order valence-corrected chi connectivity index (χ0v) is 23.5. The van der Waals surface area contributed by atoms with Gasteiger partial charge in [-0.3, -0.25) is 4.57 Å². The Labute approximate surface area is 245 Å². The summed E-state index contributed by atoms with van der Waals surface area (Å²) < 4.78 is 8.77. The summed E-state index contributed by atoms with van der Waals surface area (Å²) in [5, 5.41) is 2.36. The van der Waals surface area contributed by atoms with Crippen molar-refractivity contribution in [3.05, 3.63) is 151 Å². The number of aromatic nitrogens is 2. The molecule has 5 aromatic carbocycles. The van der Waals surface area contributed by atoms with Gasteiger partial charge in [0.15, 0.2) is 0 Å². The second kappa shape index (κ2) is 9.35. The van der Waals surface area contributed by atoms with Crippen LogP contribution >= 0.6 is 0 Å². The van der Waals surface area contributed by atoms with Crippen LogP contribution in [0.25, 0.3) is 27.6 Å². The molecule has 1 aliphatic rings. The van der Waals surface area contributed by atoms with Gasteiger partial charge >= 0.3 is 0 Å². The predicted octanol–water partition coefficient (Wildman–Crippen LogP) is 10.1. The monoisotopic (exact) mass is 543 g/mol. The van der Waals surface area contributed by atoms with Crippen LogP contribution in [0.1, 0.15) is 25.0 Å². The molecule has 0 unspecified atom stereocenters. The van der Waals surface area contributed by atoms with Crippen molar-refractivity contribution in [3.8, 4) is 17.3 Å². The van der Waals surface area contributed by atoms with Crippen molar-refractivity contribution in [3.63, 3.8) is 0 Å². The molecule has 2 aromatic heterocycles. The maximum Gasteiger partial charge on any atom is 0.137 e. The van der Waals surface area contributed by atoms with Crippen LogP contribution < -0.4 is 9.64 Å². The Balaban J connectivity index is 1.23. The third-order valence-corrected chi connectivity index (χ3v) is 8.47. The number of pyridine rings is 1. The quantitative estimate of drug-likeness (QED) is 0.221. The zero-order valence-electron chi connectivity index (χ0n) is 23.5. The predicted molar refractivity (Wildman–Crippen MR) is 172 cm³/mol. The molecule has 0 bridgehead atoms. The van der Waals surface area contributed by atoms with E-state index < -0.39 is 0 Å². The number of anilines is 3. The molecular weight excluding hydrogens is 514 g/mol. The first-order valence-electron chi connectivity index (χ1n) is 14.3. The van der Waals surface area contributed by atoms with Crippen LogP contribution in [0.2, 0.25) is 0 Å². The van der Waals surface area contributed by atoms with Gasteiger partial charge in [-0.2, -0.15) is 0 Å². The van der Waals surface area contributed by atoms with Crippen molar-refractivity contribution in [1.29, 1.82) is 0 Å². The Morgan fingerprint density at radius 2 is 1.24 bits per heavy atom. The van der Waals surface area contributed by atoms with Gasteiger partial charge in [0.05, 0.1) is 22.4 Å². The number of rotatable bonds is 4. The number of hydrogen-bond donors (Lipinski definition) is 0. The van der Waals surface area contributed by atoms with Gasteiger partial charge in [0.25, 0.3) is 0 Å². The highest BCUT2D eigenvalue weighted by Gasteiger charge is 2.36. The normalized spacial score (nSPS) is 13.6. The Morgan fingerprint density at radius 1 is 0.571 bits per heavy atom.